The van der Waals surface area contributed by atoms with Crippen molar-refractivity contribution in [3.63, 3.8) is 0 Å². The fourth-order valence-electron chi connectivity index (χ4n) is 3.43. The highest BCUT2D eigenvalue weighted by Gasteiger charge is 2.31. The number of alkyl halides is 2. The van der Waals surface area contributed by atoms with Crippen molar-refractivity contribution in [2.75, 3.05) is 25.2 Å². The van der Waals surface area contributed by atoms with Gasteiger partial charge in [0.1, 0.15) is 7.14 Å². The summed E-state index contributed by atoms with van der Waals surface area (Å²) in [7, 11) is -2.27. The van der Waals surface area contributed by atoms with Crippen molar-refractivity contribution in [3.05, 3.63) is 72.9 Å². The summed E-state index contributed by atoms with van der Waals surface area (Å²) >= 11 is 0. The number of halogens is 2. The molecule has 0 aliphatic rings. The van der Waals surface area contributed by atoms with E-state index in [2.05, 4.69) is 32.6 Å². The molecule has 8 heteroatoms. The molecule has 0 amide bonds. The zero-order valence-corrected chi connectivity index (χ0v) is 20.1. The Kier molecular flexibility index (Phi) is 7.85. The van der Waals surface area contributed by atoms with Gasteiger partial charge in [-0.15, -0.1) is 6.58 Å². The lowest BCUT2D eigenvalue weighted by atomic mass is 10.0. The zero-order chi connectivity index (χ0) is 24.1. The predicted octanol–water partition coefficient (Wildman–Crippen LogP) is 6.33. The Morgan fingerprint density at radius 3 is 2.52 bits per heavy atom. The first-order valence-electron chi connectivity index (χ1n) is 10.9. The van der Waals surface area contributed by atoms with Gasteiger partial charge in [0.05, 0.1) is 0 Å². The van der Waals surface area contributed by atoms with Crippen LogP contribution in [-0.2, 0) is 16.9 Å². The summed E-state index contributed by atoms with van der Waals surface area (Å²) in [6.07, 6.45) is 3.92. The second kappa shape index (κ2) is 10.4. The van der Waals surface area contributed by atoms with Crippen LogP contribution in [0.15, 0.2) is 65.7 Å². The molecule has 0 spiro atoms. The van der Waals surface area contributed by atoms with Crippen LogP contribution in [0.25, 0.3) is 11.1 Å². The summed E-state index contributed by atoms with van der Waals surface area (Å²) < 4.78 is 43.3. The Morgan fingerprint density at radius 1 is 1.18 bits per heavy atom. The van der Waals surface area contributed by atoms with E-state index >= 15 is 0 Å². The van der Waals surface area contributed by atoms with E-state index < -0.39 is 19.0 Å². The van der Waals surface area contributed by atoms with Gasteiger partial charge in [-0.2, -0.15) is 13.8 Å². The highest BCUT2D eigenvalue weighted by molar-refractivity contribution is 7.70. The number of aryl methyl sites for hydroxylation is 1. The first-order valence-corrected chi connectivity index (χ1v) is 13.5. The molecular weight excluding hydrogens is 443 g/mol. The SMILES string of the molecule is C=CC(CCCc1noc(C(C)(F)F)n1)CNc1cccc(-c2ccc(P(C)(C)=O)cc2)c1. The molecule has 0 bridgehead atoms. The molecule has 0 aliphatic carbocycles. The molecule has 1 atom stereocenters. The minimum Gasteiger partial charge on any atom is -0.384 e. The Bertz CT molecular complexity index is 1120. The second-order valence-electron chi connectivity index (χ2n) is 8.65. The van der Waals surface area contributed by atoms with E-state index in [-0.39, 0.29) is 5.92 Å². The van der Waals surface area contributed by atoms with Crippen molar-refractivity contribution in [2.45, 2.75) is 32.1 Å². The van der Waals surface area contributed by atoms with Crippen molar-refractivity contribution in [1.29, 1.82) is 0 Å². The van der Waals surface area contributed by atoms with E-state index in [1.807, 2.05) is 48.5 Å². The summed E-state index contributed by atoms with van der Waals surface area (Å²) in [6.45, 7) is 8.89. The van der Waals surface area contributed by atoms with Crippen molar-refractivity contribution in [1.82, 2.24) is 10.1 Å². The van der Waals surface area contributed by atoms with Crippen LogP contribution < -0.4 is 10.6 Å². The molecule has 1 unspecified atom stereocenters. The van der Waals surface area contributed by atoms with Crippen LogP contribution in [0.2, 0.25) is 0 Å². The fraction of sp³-hybridized carbons (Fsp3) is 0.360. The second-order valence-corrected chi connectivity index (χ2v) is 11.9. The molecule has 33 heavy (non-hydrogen) atoms. The molecule has 0 radical (unpaired) electrons. The molecule has 3 aromatic rings. The number of anilines is 1. The molecule has 176 valence electrons. The summed E-state index contributed by atoms with van der Waals surface area (Å²) in [5.74, 6) is -3.27. The smallest absolute Gasteiger partial charge is 0.322 e. The van der Waals surface area contributed by atoms with Gasteiger partial charge in [0.25, 0.3) is 5.89 Å². The molecule has 5 nitrogen and oxygen atoms in total. The highest BCUT2D eigenvalue weighted by Crippen LogP contribution is 2.35. The normalized spacial score (nSPS) is 13.0. The van der Waals surface area contributed by atoms with Crippen LogP contribution in [0.4, 0.5) is 14.5 Å². The van der Waals surface area contributed by atoms with Crippen LogP contribution in [0.1, 0.15) is 31.5 Å². The molecule has 0 aliphatic heterocycles. The number of rotatable bonds is 11. The maximum absolute atomic E-state index is 13.2. The van der Waals surface area contributed by atoms with Crippen LogP contribution in [0.5, 0.6) is 0 Å². The lowest BCUT2D eigenvalue weighted by molar-refractivity contribution is -0.0158. The monoisotopic (exact) mass is 473 g/mol. The quantitative estimate of drug-likeness (QED) is 0.260. The van der Waals surface area contributed by atoms with Gasteiger partial charge in [-0.3, -0.25) is 0 Å². The van der Waals surface area contributed by atoms with Gasteiger partial charge in [-0.05, 0) is 55.3 Å². The van der Waals surface area contributed by atoms with Crippen molar-refractivity contribution >= 4 is 18.1 Å². The highest BCUT2D eigenvalue weighted by atomic mass is 31.2. The Balaban J connectivity index is 1.53. The standard InChI is InChI=1S/C25H30F2N3O2P/c1-5-18(8-6-11-23-29-24(32-30-23)25(2,26)27)17-28-21-10-7-9-20(16-21)19-12-14-22(15-13-19)33(3,4)31/h5,7,9-10,12-16,18,28H,1,6,8,11,17H2,2-4H3. The Hall–Kier alpha value is -2.79. The number of hydrogen-bond acceptors (Lipinski definition) is 5. The molecule has 0 saturated heterocycles. The third-order valence-corrected chi connectivity index (χ3v) is 6.95. The maximum atomic E-state index is 13.2. The third-order valence-electron chi connectivity index (χ3n) is 5.41. The number of hydrogen-bond donors (Lipinski definition) is 1. The van der Waals surface area contributed by atoms with Gasteiger partial charge in [-0.25, -0.2) is 0 Å². The lowest BCUT2D eigenvalue weighted by Gasteiger charge is -2.15. The Labute approximate surface area is 193 Å². The largest absolute Gasteiger partial charge is 0.384 e. The molecule has 1 aromatic heterocycles. The van der Waals surface area contributed by atoms with Crippen molar-refractivity contribution in [3.8, 4) is 11.1 Å². The van der Waals surface area contributed by atoms with Gasteiger partial charge in [0.15, 0.2) is 5.82 Å². The van der Waals surface area contributed by atoms with Crippen molar-refractivity contribution < 1.29 is 17.9 Å². The van der Waals surface area contributed by atoms with Gasteiger partial charge < -0.3 is 14.4 Å². The zero-order valence-electron chi connectivity index (χ0n) is 19.2. The van der Waals surface area contributed by atoms with Gasteiger partial charge in [0.2, 0.25) is 0 Å². The molecule has 1 heterocycles. The number of nitrogens with zero attached hydrogens (tertiary/aromatic N) is 2. The molecule has 3 rings (SSSR count). The number of nitrogens with one attached hydrogen (secondary N) is 1. The summed E-state index contributed by atoms with van der Waals surface area (Å²) in [6, 6.07) is 16.0. The molecule has 0 fully saturated rings. The van der Waals surface area contributed by atoms with E-state index in [1.165, 1.54) is 0 Å². The lowest BCUT2D eigenvalue weighted by Crippen LogP contribution is -2.12. The average Bonchev–Trinajstić information content (AvgIpc) is 3.25. The summed E-state index contributed by atoms with van der Waals surface area (Å²) in [5.41, 5.74) is 3.13. The maximum Gasteiger partial charge on any atom is 0.322 e. The van der Waals surface area contributed by atoms with Crippen LogP contribution >= 0.6 is 7.14 Å². The topological polar surface area (TPSA) is 68.0 Å². The first-order chi connectivity index (χ1) is 15.6. The summed E-state index contributed by atoms with van der Waals surface area (Å²) in [4.78, 5) is 3.77. The molecule has 1 N–H and O–H groups in total. The van der Waals surface area contributed by atoms with Crippen molar-refractivity contribution in [2.24, 2.45) is 5.92 Å². The number of aromatic nitrogens is 2. The third kappa shape index (κ3) is 7.10. The molecular formula is C25H30F2N3O2P. The fourth-order valence-corrected chi connectivity index (χ4v) is 4.30. The van der Waals surface area contributed by atoms with Gasteiger partial charge in [-0.1, -0.05) is 47.6 Å². The van der Waals surface area contributed by atoms with Crippen LogP contribution in [0, 0.1) is 5.92 Å². The van der Waals surface area contributed by atoms with Gasteiger partial charge in [0, 0.05) is 30.9 Å². The van der Waals surface area contributed by atoms with E-state index in [1.54, 1.807) is 13.3 Å². The molecule has 0 saturated carbocycles. The van der Waals surface area contributed by atoms with E-state index in [0.717, 1.165) is 41.9 Å². The van der Waals surface area contributed by atoms with E-state index in [9.17, 15) is 13.3 Å². The molecule has 2 aromatic carbocycles. The number of benzene rings is 2. The van der Waals surface area contributed by atoms with E-state index in [4.69, 9.17) is 0 Å². The minimum absolute atomic E-state index is 0.204. The first kappa shape index (κ1) is 24.8. The Morgan fingerprint density at radius 2 is 1.91 bits per heavy atom. The predicted molar refractivity (Wildman–Crippen MR) is 130 cm³/mol. The minimum atomic E-state index is -3.12. The van der Waals surface area contributed by atoms with Crippen LogP contribution in [0.3, 0.4) is 0 Å². The summed E-state index contributed by atoms with van der Waals surface area (Å²) in [5, 5.41) is 7.95. The van der Waals surface area contributed by atoms with E-state index in [0.29, 0.717) is 18.8 Å². The van der Waals surface area contributed by atoms with Gasteiger partial charge >= 0.3 is 5.92 Å². The average molecular weight is 474 g/mol. The van der Waals surface area contributed by atoms with Crippen LogP contribution in [-0.4, -0.2) is 30.0 Å².